The highest BCUT2D eigenvalue weighted by molar-refractivity contribution is 5.50. The quantitative estimate of drug-likeness (QED) is 0.445. The van der Waals surface area contributed by atoms with Crippen molar-refractivity contribution in [3.05, 3.63) is 27.9 Å². The second kappa shape index (κ2) is 7.58. The highest BCUT2D eigenvalue weighted by Gasteiger charge is 2.19. The van der Waals surface area contributed by atoms with Crippen molar-refractivity contribution in [1.82, 2.24) is 4.98 Å². The lowest BCUT2D eigenvalue weighted by molar-refractivity contribution is -0.385. The van der Waals surface area contributed by atoms with E-state index in [1.165, 1.54) is 25.3 Å². The van der Waals surface area contributed by atoms with E-state index < -0.39 is 4.92 Å². The van der Waals surface area contributed by atoms with Gasteiger partial charge in [0.25, 0.3) is 0 Å². The maximum atomic E-state index is 10.7. The molecule has 0 aromatic carbocycles. The normalized spacial score (nSPS) is 11.0. The third-order valence-electron chi connectivity index (χ3n) is 3.38. The summed E-state index contributed by atoms with van der Waals surface area (Å²) < 4.78 is 0. The molecule has 0 unspecified atom stereocenters. The van der Waals surface area contributed by atoms with Crippen LogP contribution in [0.5, 0.6) is 0 Å². The molecule has 1 rings (SSSR count). The fourth-order valence-electron chi connectivity index (χ4n) is 2.05. The molecule has 114 valence electrons. The highest BCUT2D eigenvalue weighted by Crippen LogP contribution is 2.25. The van der Waals surface area contributed by atoms with Gasteiger partial charge in [-0.25, -0.2) is 4.98 Å². The van der Waals surface area contributed by atoms with E-state index in [0.717, 1.165) is 6.42 Å². The lowest BCUT2D eigenvalue weighted by atomic mass is 9.87. The average Bonchev–Trinajstić information content (AvgIpc) is 2.45. The molecule has 1 heterocycles. The smallest absolute Gasteiger partial charge is 0.305 e. The predicted molar refractivity (Wildman–Crippen MR) is 82.0 cm³/mol. The van der Waals surface area contributed by atoms with E-state index in [0.29, 0.717) is 12.4 Å². The van der Waals surface area contributed by atoms with Gasteiger partial charge in [-0.3, -0.25) is 10.1 Å². The molecule has 0 saturated carbocycles. The van der Waals surface area contributed by atoms with Crippen LogP contribution in [0, 0.1) is 26.9 Å². The highest BCUT2D eigenvalue weighted by atomic mass is 16.6. The minimum atomic E-state index is -0.593. The van der Waals surface area contributed by atoms with Gasteiger partial charge in [0, 0.05) is 12.6 Å². The molecule has 1 N–H and O–H groups in total. The van der Waals surface area contributed by atoms with Gasteiger partial charge in [-0.15, -0.1) is 0 Å². The number of nitrogens with one attached hydrogen (secondary N) is 1. The first-order valence-electron chi connectivity index (χ1n) is 7.19. The molecule has 21 heavy (non-hydrogen) atoms. The van der Waals surface area contributed by atoms with Crippen LogP contribution >= 0.6 is 0 Å². The molecule has 6 heteroatoms. The van der Waals surface area contributed by atoms with Crippen molar-refractivity contribution in [1.29, 1.82) is 5.26 Å². The lowest BCUT2D eigenvalue weighted by Gasteiger charge is -2.25. The molecule has 0 aliphatic carbocycles. The Morgan fingerprint density at radius 1 is 1.43 bits per heavy atom. The van der Waals surface area contributed by atoms with Crippen LogP contribution in [-0.2, 0) is 0 Å². The number of hydrogen-bond acceptors (Lipinski definition) is 5. The lowest BCUT2D eigenvalue weighted by Crippen LogP contribution is -2.23. The second-order valence-electron chi connectivity index (χ2n) is 5.91. The number of rotatable bonds is 8. The Morgan fingerprint density at radius 2 is 2.14 bits per heavy atom. The summed E-state index contributed by atoms with van der Waals surface area (Å²) in [5, 5.41) is 22.8. The van der Waals surface area contributed by atoms with Gasteiger partial charge in [0.2, 0.25) is 5.69 Å². The summed E-state index contributed by atoms with van der Waals surface area (Å²) in [6.45, 7) is 7.24. The summed E-state index contributed by atoms with van der Waals surface area (Å²) in [4.78, 5) is 14.2. The fourth-order valence-corrected chi connectivity index (χ4v) is 2.05. The molecule has 0 saturated heterocycles. The van der Waals surface area contributed by atoms with E-state index in [1.54, 1.807) is 12.1 Å². The summed E-state index contributed by atoms with van der Waals surface area (Å²) in [5.74, 6) is 0.501. The van der Waals surface area contributed by atoms with E-state index >= 15 is 0 Å². The summed E-state index contributed by atoms with van der Waals surface area (Å²) >= 11 is 0. The van der Waals surface area contributed by atoms with Crippen molar-refractivity contribution >= 4 is 11.5 Å². The zero-order chi connectivity index (χ0) is 15.9. The van der Waals surface area contributed by atoms with Crippen molar-refractivity contribution in [2.45, 2.75) is 46.5 Å². The number of pyridine rings is 1. The largest absolute Gasteiger partial charge is 0.369 e. The Bertz CT molecular complexity index is 535. The molecular weight excluding hydrogens is 268 g/mol. The van der Waals surface area contributed by atoms with Crippen LogP contribution in [0.2, 0.25) is 0 Å². The number of nitro groups is 1. The van der Waals surface area contributed by atoms with Crippen LogP contribution in [0.4, 0.5) is 11.5 Å². The van der Waals surface area contributed by atoms with Gasteiger partial charge in [-0.05, 0) is 17.9 Å². The minimum Gasteiger partial charge on any atom is -0.369 e. The Balaban J connectivity index is 2.68. The molecule has 0 aliphatic heterocycles. The first-order valence-corrected chi connectivity index (χ1v) is 7.19. The molecule has 1 aromatic rings. The summed E-state index contributed by atoms with van der Waals surface area (Å²) in [7, 11) is 0. The SMILES string of the molecule is CCCCCC(C)(C)CNc1ccc([N+](=O)[O-])c(C#N)n1. The maximum Gasteiger partial charge on any atom is 0.305 e. The number of unbranched alkanes of at least 4 members (excludes halogenated alkanes) is 2. The van der Waals surface area contributed by atoms with E-state index in [2.05, 4.69) is 31.1 Å². The average molecular weight is 290 g/mol. The van der Waals surface area contributed by atoms with E-state index in [4.69, 9.17) is 5.26 Å². The number of hydrogen-bond donors (Lipinski definition) is 1. The number of anilines is 1. The Morgan fingerprint density at radius 3 is 2.71 bits per heavy atom. The van der Waals surface area contributed by atoms with Crippen molar-refractivity contribution < 1.29 is 4.92 Å². The van der Waals surface area contributed by atoms with Gasteiger partial charge in [0.1, 0.15) is 11.9 Å². The van der Waals surface area contributed by atoms with Crippen LogP contribution in [0.1, 0.15) is 52.1 Å². The molecule has 6 nitrogen and oxygen atoms in total. The third kappa shape index (κ3) is 5.38. The molecule has 0 fully saturated rings. The van der Waals surface area contributed by atoms with Crippen molar-refractivity contribution in [2.24, 2.45) is 5.41 Å². The van der Waals surface area contributed by atoms with Crippen LogP contribution in [0.25, 0.3) is 0 Å². The van der Waals surface area contributed by atoms with Crippen LogP contribution in [0.15, 0.2) is 12.1 Å². The van der Waals surface area contributed by atoms with Gasteiger partial charge < -0.3 is 5.32 Å². The monoisotopic (exact) mass is 290 g/mol. The minimum absolute atomic E-state index is 0.116. The Labute approximate surface area is 125 Å². The van der Waals surface area contributed by atoms with E-state index in [1.807, 2.05) is 0 Å². The number of aromatic nitrogens is 1. The van der Waals surface area contributed by atoms with Crippen LogP contribution < -0.4 is 5.32 Å². The summed E-state index contributed by atoms with van der Waals surface area (Å²) in [6.07, 6.45) is 4.70. The van der Waals surface area contributed by atoms with Gasteiger partial charge in [0.05, 0.1) is 4.92 Å². The van der Waals surface area contributed by atoms with Gasteiger partial charge in [-0.1, -0.05) is 40.0 Å². The predicted octanol–water partition coefficient (Wildman–Crippen LogP) is 3.88. The first-order chi connectivity index (χ1) is 9.89. The second-order valence-corrected chi connectivity index (χ2v) is 5.91. The summed E-state index contributed by atoms with van der Waals surface area (Å²) in [6, 6.07) is 4.62. The van der Waals surface area contributed by atoms with Gasteiger partial charge in [-0.2, -0.15) is 5.26 Å². The Kier molecular flexibility index (Phi) is 6.10. The molecule has 0 aliphatic rings. The standard InChI is InChI=1S/C15H22N4O2/c1-4-5-6-9-15(2,3)11-17-14-8-7-13(19(20)21)12(10-16)18-14/h7-8H,4-6,9,11H2,1-3H3,(H,17,18). The molecular formula is C15H22N4O2. The number of nitrogens with zero attached hydrogens (tertiary/aromatic N) is 3. The van der Waals surface area contributed by atoms with Gasteiger partial charge >= 0.3 is 5.69 Å². The van der Waals surface area contributed by atoms with E-state index in [-0.39, 0.29) is 16.8 Å². The first kappa shape index (κ1) is 16.9. The molecule has 0 amide bonds. The van der Waals surface area contributed by atoms with Crippen molar-refractivity contribution in [3.8, 4) is 6.07 Å². The summed E-state index contributed by atoms with van der Waals surface area (Å²) in [5.41, 5.74) is -0.301. The van der Waals surface area contributed by atoms with Crippen LogP contribution in [-0.4, -0.2) is 16.5 Å². The molecule has 0 atom stereocenters. The zero-order valence-corrected chi connectivity index (χ0v) is 12.8. The maximum absolute atomic E-state index is 10.7. The topological polar surface area (TPSA) is 91.9 Å². The van der Waals surface area contributed by atoms with Gasteiger partial charge in [0.15, 0.2) is 0 Å². The molecule has 0 spiro atoms. The molecule has 0 radical (unpaired) electrons. The van der Waals surface area contributed by atoms with E-state index in [9.17, 15) is 10.1 Å². The van der Waals surface area contributed by atoms with Crippen molar-refractivity contribution in [3.63, 3.8) is 0 Å². The van der Waals surface area contributed by atoms with Crippen molar-refractivity contribution in [2.75, 3.05) is 11.9 Å². The fraction of sp³-hybridized carbons (Fsp3) is 0.600. The van der Waals surface area contributed by atoms with Crippen LogP contribution in [0.3, 0.4) is 0 Å². The number of nitriles is 1. The third-order valence-corrected chi connectivity index (χ3v) is 3.38. The Hall–Kier alpha value is -2.16. The molecule has 0 bridgehead atoms. The zero-order valence-electron chi connectivity index (χ0n) is 12.8. The molecule has 1 aromatic heterocycles.